The van der Waals surface area contributed by atoms with Crippen LogP contribution in [0.5, 0.6) is 5.88 Å². The van der Waals surface area contributed by atoms with Crippen molar-refractivity contribution in [1.29, 1.82) is 0 Å². The highest BCUT2D eigenvalue weighted by molar-refractivity contribution is 5.95. The van der Waals surface area contributed by atoms with Gasteiger partial charge in [-0.05, 0) is 31.9 Å². The molecule has 5 heteroatoms. The molecule has 110 valence electrons. The average Bonchev–Trinajstić information content (AvgIpc) is 2.92. The van der Waals surface area contributed by atoms with Crippen LogP contribution in [0.4, 0.5) is 5.69 Å². The molecule has 0 spiro atoms. The van der Waals surface area contributed by atoms with Crippen LogP contribution in [0.3, 0.4) is 0 Å². The molecule has 0 aliphatic carbocycles. The van der Waals surface area contributed by atoms with Crippen molar-refractivity contribution < 1.29 is 9.53 Å². The van der Waals surface area contributed by atoms with Gasteiger partial charge in [0.1, 0.15) is 0 Å². The van der Waals surface area contributed by atoms with Gasteiger partial charge in [0.2, 0.25) is 11.8 Å². The van der Waals surface area contributed by atoms with Crippen molar-refractivity contribution in [3.8, 4) is 5.88 Å². The summed E-state index contributed by atoms with van der Waals surface area (Å²) in [6, 6.07) is 3.60. The minimum atomic E-state index is -0.321. The lowest BCUT2D eigenvalue weighted by molar-refractivity contribution is -0.126. The van der Waals surface area contributed by atoms with E-state index < -0.39 is 0 Å². The van der Waals surface area contributed by atoms with Crippen LogP contribution < -0.4 is 15.4 Å². The van der Waals surface area contributed by atoms with Crippen LogP contribution in [0.1, 0.15) is 27.2 Å². The van der Waals surface area contributed by atoms with Crippen LogP contribution in [0.15, 0.2) is 18.3 Å². The molecular formula is C15H23N3O2. The van der Waals surface area contributed by atoms with Gasteiger partial charge in [0.25, 0.3) is 0 Å². The molecule has 1 aliphatic heterocycles. The van der Waals surface area contributed by atoms with Gasteiger partial charge in [-0.3, -0.25) is 4.79 Å². The number of rotatable bonds is 5. The van der Waals surface area contributed by atoms with Crippen molar-refractivity contribution in [2.45, 2.75) is 27.2 Å². The Morgan fingerprint density at radius 1 is 1.55 bits per heavy atom. The third kappa shape index (κ3) is 2.93. The molecule has 1 aromatic heterocycles. The summed E-state index contributed by atoms with van der Waals surface area (Å²) in [6.07, 6.45) is 2.51. The first-order valence-corrected chi connectivity index (χ1v) is 7.19. The standard InChI is InChI=1S/C15H23N3O2/c1-4-20-13-6-5-12(9-17-13)18-14(19)15(11(2)3)7-8-16-10-15/h5-6,9,11,16H,4,7-8,10H2,1-3H3,(H,18,19). The fraction of sp³-hybridized carbons (Fsp3) is 0.600. The van der Waals surface area contributed by atoms with Crippen molar-refractivity contribution in [1.82, 2.24) is 10.3 Å². The van der Waals surface area contributed by atoms with Gasteiger partial charge in [-0.2, -0.15) is 0 Å². The number of amides is 1. The van der Waals surface area contributed by atoms with Crippen molar-refractivity contribution in [2.24, 2.45) is 11.3 Å². The van der Waals surface area contributed by atoms with Gasteiger partial charge in [0, 0.05) is 12.6 Å². The van der Waals surface area contributed by atoms with E-state index in [0.29, 0.717) is 24.1 Å². The fourth-order valence-corrected chi connectivity index (χ4v) is 2.60. The maximum absolute atomic E-state index is 12.6. The maximum atomic E-state index is 12.6. The van der Waals surface area contributed by atoms with E-state index >= 15 is 0 Å². The third-order valence-electron chi connectivity index (χ3n) is 4.03. The number of carbonyl (C=O) groups excluding carboxylic acids is 1. The number of carbonyl (C=O) groups is 1. The average molecular weight is 277 g/mol. The van der Waals surface area contributed by atoms with Gasteiger partial charge in [0.15, 0.2) is 0 Å². The Labute approximate surface area is 120 Å². The number of ether oxygens (including phenoxy) is 1. The molecule has 1 saturated heterocycles. The first-order valence-electron chi connectivity index (χ1n) is 7.19. The molecule has 2 rings (SSSR count). The molecule has 0 bridgehead atoms. The zero-order valence-corrected chi connectivity index (χ0v) is 12.4. The summed E-state index contributed by atoms with van der Waals surface area (Å²) in [7, 11) is 0. The lowest BCUT2D eigenvalue weighted by atomic mass is 9.75. The molecule has 1 atom stereocenters. The Kier molecular flexibility index (Phi) is 4.60. The summed E-state index contributed by atoms with van der Waals surface area (Å²) in [6.45, 7) is 8.33. The van der Waals surface area contributed by atoms with Crippen LogP contribution in [0.2, 0.25) is 0 Å². The second-order valence-corrected chi connectivity index (χ2v) is 5.51. The normalized spacial score (nSPS) is 22.0. The summed E-state index contributed by atoms with van der Waals surface area (Å²) in [5, 5.41) is 6.27. The van der Waals surface area contributed by atoms with Crippen LogP contribution >= 0.6 is 0 Å². The van der Waals surface area contributed by atoms with Gasteiger partial charge >= 0.3 is 0 Å². The van der Waals surface area contributed by atoms with Gasteiger partial charge in [-0.15, -0.1) is 0 Å². The van der Waals surface area contributed by atoms with Crippen LogP contribution in [-0.2, 0) is 4.79 Å². The number of nitrogens with one attached hydrogen (secondary N) is 2. The predicted molar refractivity (Wildman–Crippen MR) is 78.8 cm³/mol. The topological polar surface area (TPSA) is 63.2 Å². The fourth-order valence-electron chi connectivity index (χ4n) is 2.60. The number of aromatic nitrogens is 1. The highest BCUT2D eigenvalue weighted by Crippen LogP contribution is 2.35. The van der Waals surface area contributed by atoms with Crippen LogP contribution in [-0.4, -0.2) is 30.6 Å². The Balaban J connectivity index is 2.06. The number of anilines is 1. The molecular weight excluding hydrogens is 254 g/mol. The van der Waals surface area contributed by atoms with Crippen LogP contribution in [0.25, 0.3) is 0 Å². The second kappa shape index (κ2) is 6.22. The van der Waals surface area contributed by atoms with Gasteiger partial charge in [-0.25, -0.2) is 4.98 Å². The maximum Gasteiger partial charge on any atom is 0.232 e. The number of nitrogens with zero attached hydrogens (tertiary/aromatic N) is 1. The highest BCUT2D eigenvalue weighted by Gasteiger charge is 2.43. The van der Waals surface area contributed by atoms with Crippen molar-refractivity contribution in [3.63, 3.8) is 0 Å². The van der Waals surface area contributed by atoms with E-state index in [1.165, 1.54) is 0 Å². The molecule has 0 aromatic carbocycles. The van der Waals surface area contributed by atoms with Crippen molar-refractivity contribution in [3.05, 3.63) is 18.3 Å². The Bertz CT molecular complexity index is 451. The highest BCUT2D eigenvalue weighted by atomic mass is 16.5. The van der Waals surface area contributed by atoms with Crippen LogP contribution in [0, 0.1) is 11.3 Å². The largest absolute Gasteiger partial charge is 0.478 e. The van der Waals surface area contributed by atoms with E-state index in [0.717, 1.165) is 19.5 Å². The van der Waals surface area contributed by atoms with Gasteiger partial charge < -0.3 is 15.4 Å². The van der Waals surface area contributed by atoms with E-state index in [1.54, 1.807) is 12.3 Å². The summed E-state index contributed by atoms with van der Waals surface area (Å²) < 4.78 is 5.29. The zero-order valence-electron chi connectivity index (χ0n) is 12.4. The molecule has 2 heterocycles. The van der Waals surface area contributed by atoms with Gasteiger partial charge in [0.05, 0.1) is 23.9 Å². The first kappa shape index (κ1) is 14.8. The molecule has 2 N–H and O–H groups in total. The summed E-state index contributed by atoms with van der Waals surface area (Å²) >= 11 is 0. The van der Waals surface area contributed by atoms with E-state index in [2.05, 4.69) is 29.5 Å². The summed E-state index contributed by atoms with van der Waals surface area (Å²) in [5.41, 5.74) is 0.392. The SMILES string of the molecule is CCOc1ccc(NC(=O)C2(C(C)C)CCNC2)cn1. The van der Waals surface area contributed by atoms with E-state index in [9.17, 15) is 4.79 Å². The molecule has 0 saturated carbocycles. The monoisotopic (exact) mass is 277 g/mol. The quantitative estimate of drug-likeness (QED) is 0.864. The van der Waals surface area contributed by atoms with E-state index in [-0.39, 0.29) is 11.3 Å². The minimum absolute atomic E-state index is 0.0726. The number of hydrogen-bond donors (Lipinski definition) is 2. The molecule has 1 aliphatic rings. The third-order valence-corrected chi connectivity index (χ3v) is 4.03. The van der Waals surface area contributed by atoms with E-state index in [1.807, 2.05) is 13.0 Å². The van der Waals surface area contributed by atoms with E-state index in [4.69, 9.17) is 4.74 Å². The first-order chi connectivity index (χ1) is 9.58. The molecule has 20 heavy (non-hydrogen) atoms. The Hall–Kier alpha value is -1.62. The van der Waals surface area contributed by atoms with Gasteiger partial charge in [-0.1, -0.05) is 13.8 Å². The predicted octanol–water partition coefficient (Wildman–Crippen LogP) is 2.05. The molecule has 1 fully saturated rings. The summed E-state index contributed by atoms with van der Waals surface area (Å²) in [4.78, 5) is 16.7. The molecule has 1 unspecified atom stereocenters. The Morgan fingerprint density at radius 2 is 2.35 bits per heavy atom. The molecule has 0 radical (unpaired) electrons. The van der Waals surface area contributed by atoms with Crippen molar-refractivity contribution in [2.75, 3.05) is 25.0 Å². The molecule has 5 nitrogen and oxygen atoms in total. The molecule has 1 amide bonds. The number of hydrogen-bond acceptors (Lipinski definition) is 4. The van der Waals surface area contributed by atoms with Crippen molar-refractivity contribution >= 4 is 11.6 Å². The minimum Gasteiger partial charge on any atom is -0.478 e. The summed E-state index contributed by atoms with van der Waals surface area (Å²) in [5.74, 6) is 0.947. The lowest BCUT2D eigenvalue weighted by Gasteiger charge is -2.31. The zero-order chi connectivity index (χ0) is 14.6. The Morgan fingerprint density at radius 3 is 2.85 bits per heavy atom. The number of pyridine rings is 1. The molecule has 1 aromatic rings. The second-order valence-electron chi connectivity index (χ2n) is 5.51. The smallest absolute Gasteiger partial charge is 0.232 e. The lowest BCUT2D eigenvalue weighted by Crippen LogP contribution is -2.42.